The van der Waals surface area contributed by atoms with Crippen molar-refractivity contribution in [1.82, 2.24) is 0 Å². The number of halogens is 3. The van der Waals surface area contributed by atoms with Gasteiger partial charge in [-0.05, 0) is 23.8 Å². The first-order valence-corrected chi connectivity index (χ1v) is 7.33. The lowest BCUT2D eigenvalue weighted by molar-refractivity contribution is -0.384. The molecular weight excluding hydrogens is 371 g/mol. The highest BCUT2D eigenvalue weighted by Gasteiger charge is 2.30. The van der Waals surface area contributed by atoms with Crippen LogP contribution in [0.5, 0.6) is 0 Å². The number of non-ortho nitro benzene ring substituents is 1. The van der Waals surface area contributed by atoms with E-state index in [9.17, 15) is 32.9 Å². The fourth-order valence-electron chi connectivity index (χ4n) is 2.14. The Balaban J connectivity index is 2.22. The number of nitro groups is 1. The predicted molar refractivity (Wildman–Crippen MR) is 85.0 cm³/mol. The van der Waals surface area contributed by atoms with Crippen molar-refractivity contribution < 1.29 is 37.2 Å². The van der Waals surface area contributed by atoms with Gasteiger partial charge in [0, 0.05) is 12.1 Å². The average molecular weight is 383 g/mol. The van der Waals surface area contributed by atoms with Crippen molar-refractivity contribution in [2.75, 3.05) is 7.11 Å². The van der Waals surface area contributed by atoms with E-state index in [1.165, 1.54) is 6.07 Å². The molecule has 0 heterocycles. The largest absolute Gasteiger partial charge is 0.465 e. The van der Waals surface area contributed by atoms with Crippen LogP contribution in [0.4, 0.5) is 18.9 Å². The van der Waals surface area contributed by atoms with E-state index in [-0.39, 0.29) is 16.7 Å². The molecule has 0 radical (unpaired) electrons. The Bertz CT molecular complexity index is 894. The number of alkyl halides is 3. The van der Waals surface area contributed by atoms with Gasteiger partial charge in [-0.25, -0.2) is 9.59 Å². The molecule has 7 nitrogen and oxygen atoms in total. The van der Waals surface area contributed by atoms with Crippen molar-refractivity contribution in [1.29, 1.82) is 0 Å². The fourth-order valence-corrected chi connectivity index (χ4v) is 2.14. The maximum Gasteiger partial charge on any atom is 0.416 e. The summed E-state index contributed by atoms with van der Waals surface area (Å²) in [5.41, 5.74) is -1.91. The molecule has 0 saturated heterocycles. The first kappa shape index (κ1) is 19.9. The fraction of sp³-hybridized carbons (Fsp3) is 0.176. The third kappa shape index (κ3) is 5.03. The zero-order valence-electron chi connectivity index (χ0n) is 13.8. The molecule has 2 aromatic rings. The number of nitro benzene ring substituents is 1. The smallest absolute Gasteiger partial charge is 0.416 e. The second-order valence-electron chi connectivity index (χ2n) is 5.29. The van der Waals surface area contributed by atoms with E-state index in [1.807, 2.05) is 0 Å². The summed E-state index contributed by atoms with van der Waals surface area (Å²) >= 11 is 0. The molecule has 2 rings (SSSR count). The van der Waals surface area contributed by atoms with Crippen LogP contribution in [0.3, 0.4) is 0 Å². The Morgan fingerprint density at radius 1 is 1.07 bits per heavy atom. The summed E-state index contributed by atoms with van der Waals surface area (Å²) < 4.78 is 47.4. The van der Waals surface area contributed by atoms with E-state index < -0.39 is 40.9 Å². The molecule has 0 aliphatic heterocycles. The number of esters is 2. The molecular formula is C17H12F3NO6. The molecule has 0 saturated carbocycles. The molecule has 27 heavy (non-hydrogen) atoms. The third-order valence-corrected chi connectivity index (χ3v) is 3.41. The van der Waals surface area contributed by atoms with Crippen LogP contribution >= 0.6 is 0 Å². The van der Waals surface area contributed by atoms with Crippen molar-refractivity contribution in [2.24, 2.45) is 0 Å². The zero-order chi connectivity index (χ0) is 20.2. The van der Waals surface area contributed by atoms with Crippen LogP contribution < -0.4 is 0 Å². The van der Waals surface area contributed by atoms with Gasteiger partial charge in [0.25, 0.3) is 5.69 Å². The Kier molecular flexibility index (Phi) is 5.78. The minimum absolute atomic E-state index is 0.0804. The van der Waals surface area contributed by atoms with Crippen LogP contribution in [0.2, 0.25) is 0 Å². The number of carbonyl (C=O) groups excluding carboxylic acids is 2. The molecule has 0 N–H and O–H groups in total. The van der Waals surface area contributed by atoms with Crippen molar-refractivity contribution in [3.63, 3.8) is 0 Å². The van der Waals surface area contributed by atoms with Gasteiger partial charge in [-0.15, -0.1) is 0 Å². The van der Waals surface area contributed by atoms with Gasteiger partial charge in [-0.1, -0.05) is 12.1 Å². The first-order chi connectivity index (χ1) is 12.6. The molecule has 142 valence electrons. The van der Waals surface area contributed by atoms with Gasteiger partial charge in [-0.3, -0.25) is 10.1 Å². The average Bonchev–Trinajstić information content (AvgIpc) is 2.64. The van der Waals surface area contributed by atoms with Crippen molar-refractivity contribution >= 4 is 17.6 Å². The van der Waals surface area contributed by atoms with Gasteiger partial charge >= 0.3 is 18.1 Å². The lowest BCUT2D eigenvalue weighted by Gasteiger charge is -2.10. The van der Waals surface area contributed by atoms with Crippen LogP contribution in [0.25, 0.3) is 0 Å². The van der Waals surface area contributed by atoms with Crippen LogP contribution in [0, 0.1) is 10.1 Å². The molecule has 2 aromatic carbocycles. The van der Waals surface area contributed by atoms with Gasteiger partial charge in [-0.2, -0.15) is 13.2 Å². The number of carbonyl (C=O) groups is 2. The molecule has 0 aromatic heterocycles. The van der Waals surface area contributed by atoms with Crippen molar-refractivity contribution in [3.8, 4) is 0 Å². The minimum Gasteiger partial charge on any atom is -0.465 e. The van der Waals surface area contributed by atoms with Crippen molar-refractivity contribution in [2.45, 2.75) is 12.8 Å². The molecule has 0 aliphatic rings. The number of methoxy groups -OCH3 is 1. The zero-order valence-corrected chi connectivity index (χ0v) is 13.8. The van der Waals surface area contributed by atoms with Gasteiger partial charge in [0.15, 0.2) is 0 Å². The standard InChI is InChI=1S/C17H12F3NO6/c1-26-15(22)11-6-12(8-14(7-11)21(24)25)16(23)27-9-10-3-2-4-13(5-10)17(18,19)20/h2-8H,9H2,1H3. The monoisotopic (exact) mass is 383 g/mol. The summed E-state index contributed by atoms with van der Waals surface area (Å²) in [5, 5.41) is 10.9. The summed E-state index contributed by atoms with van der Waals surface area (Å²) in [6.45, 7) is -0.487. The second kappa shape index (κ2) is 7.85. The highest BCUT2D eigenvalue weighted by molar-refractivity contribution is 5.96. The van der Waals surface area contributed by atoms with E-state index in [1.54, 1.807) is 0 Å². The highest BCUT2D eigenvalue weighted by atomic mass is 19.4. The predicted octanol–water partition coefficient (Wildman–Crippen LogP) is 3.76. The van der Waals surface area contributed by atoms with Crippen LogP contribution in [-0.2, 0) is 22.3 Å². The normalized spacial score (nSPS) is 11.0. The van der Waals surface area contributed by atoms with Gasteiger partial charge in [0.1, 0.15) is 6.61 Å². The van der Waals surface area contributed by atoms with Crippen molar-refractivity contribution in [3.05, 3.63) is 74.8 Å². The summed E-state index contributed by atoms with van der Waals surface area (Å²) in [5.74, 6) is -1.94. The molecule has 0 spiro atoms. The van der Waals surface area contributed by atoms with Crippen LogP contribution in [-0.4, -0.2) is 24.0 Å². The van der Waals surface area contributed by atoms with E-state index in [2.05, 4.69) is 4.74 Å². The Labute approximate surface area is 150 Å². The summed E-state index contributed by atoms with van der Waals surface area (Å²) in [4.78, 5) is 33.8. The minimum atomic E-state index is -4.55. The number of benzene rings is 2. The lowest BCUT2D eigenvalue weighted by Crippen LogP contribution is -2.10. The Morgan fingerprint density at radius 2 is 1.70 bits per heavy atom. The Morgan fingerprint density at radius 3 is 2.26 bits per heavy atom. The van der Waals surface area contributed by atoms with E-state index in [0.29, 0.717) is 0 Å². The van der Waals surface area contributed by atoms with Gasteiger partial charge in [0.2, 0.25) is 0 Å². The third-order valence-electron chi connectivity index (χ3n) is 3.41. The number of hydrogen-bond donors (Lipinski definition) is 0. The molecule has 0 bridgehead atoms. The Hall–Kier alpha value is -3.43. The topological polar surface area (TPSA) is 95.7 Å². The molecule has 0 unspecified atom stereocenters. The summed E-state index contributed by atoms with van der Waals surface area (Å²) in [6, 6.07) is 7.03. The molecule has 0 fully saturated rings. The number of nitrogens with zero attached hydrogens (tertiary/aromatic N) is 1. The van der Waals surface area contributed by atoms with E-state index in [4.69, 9.17) is 4.74 Å². The first-order valence-electron chi connectivity index (χ1n) is 7.33. The second-order valence-corrected chi connectivity index (χ2v) is 5.29. The molecule has 0 atom stereocenters. The number of hydrogen-bond acceptors (Lipinski definition) is 6. The quantitative estimate of drug-likeness (QED) is 0.443. The van der Waals surface area contributed by atoms with Gasteiger partial charge in [0.05, 0.1) is 28.7 Å². The molecule has 10 heteroatoms. The maximum absolute atomic E-state index is 12.7. The lowest BCUT2D eigenvalue weighted by atomic mass is 10.1. The van der Waals surface area contributed by atoms with Gasteiger partial charge < -0.3 is 9.47 Å². The van der Waals surface area contributed by atoms with Crippen LogP contribution in [0.1, 0.15) is 31.8 Å². The highest BCUT2D eigenvalue weighted by Crippen LogP contribution is 2.29. The molecule has 0 amide bonds. The molecule has 0 aliphatic carbocycles. The van der Waals surface area contributed by atoms with E-state index in [0.717, 1.165) is 43.5 Å². The van der Waals surface area contributed by atoms with Crippen LogP contribution in [0.15, 0.2) is 42.5 Å². The maximum atomic E-state index is 12.7. The summed E-state index contributed by atoms with van der Waals surface area (Å²) in [6.07, 6.45) is -4.55. The number of rotatable bonds is 5. The summed E-state index contributed by atoms with van der Waals surface area (Å²) in [7, 11) is 1.06. The van der Waals surface area contributed by atoms with E-state index >= 15 is 0 Å². The SMILES string of the molecule is COC(=O)c1cc(C(=O)OCc2cccc(C(F)(F)F)c2)cc([N+](=O)[O-])c1. The number of ether oxygens (including phenoxy) is 2.